The highest BCUT2D eigenvalue weighted by molar-refractivity contribution is 5.88. The maximum Gasteiger partial charge on any atom is 0.335 e. The zero-order valence-corrected chi connectivity index (χ0v) is 29.2. The molecule has 1 atom stereocenters. The lowest BCUT2D eigenvalue weighted by molar-refractivity contribution is -0.144. The highest BCUT2D eigenvalue weighted by Gasteiger charge is 2.34. The number of carbonyl (C=O) groups is 2. The molecule has 10 heteroatoms. The Balaban J connectivity index is 1.31. The lowest BCUT2D eigenvalue weighted by Crippen LogP contribution is -2.28. The first-order valence-electron chi connectivity index (χ1n) is 17.8. The summed E-state index contributed by atoms with van der Waals surface area (Å²) in [4.78, 5) is 24.0. The fraction of sp³-hybridized carbons (Fsp3) is 0.550. The van der Waals surface area contributed by atoms with Gasteiger partial charge in [-0.2, -0.15) is 0 Å². The van der Waals surface area contributed by atoms with Gasteiger partial charge < -0.3 is 19.3 Å². The molecule has 0 aromatic heterocycles. The Morgan fingerprint density at radius 3 is 1.88 bits per heavy atom. The molecule has 0 aliphatic heterocycles. The highest BCUT2D eigenvalue weighted by Crippen LogP contribution is 2.46. The number of aliphatic hydroxyl groups is 1. The van der Waals surface area contributed by atoms with Crippen LogP contribution in [0.2, 0.25) is 0 Å². The topological polar surface area (TPSA) is 82.1 Å². The minimum absolute atomic E-state index is 0.0158. The molecular formula is C40H50F4O6. The number of ether oxygens (including phenoxy) is 3. The number of rotatable bonds is 16. The fourth-order valence-electron chi connectivity index (χ4n) is 7.47. The molecule has 2 saturated carbocycles. The van der Waals surface area contributed by atoms with Crippen molar-refractivity contribution < 1.29 is 46.5 Å². The summed E-state index contributed by atoms with van der Waals surface area (Å²) in [7, 11) is 0. The number of unbranched alkanes of at least 4 members (excludes halogenated alkanes) is 1. The van der Waals surface area contributed by atoms with Gasteiger partial charge >= 0.3 is 11.9 Å². The second-order valence-corrected chi connectivity index (χ2v) is 14.1. The van der Waals surface area contributed by atoms with Gasteiger partial charge in [-0.05, 0) is 99.7 Å². The van der Waals surface area contributed by atoms with E-state index in [1.54, 1.807) is 6.92 Å². The lowest BCUT2D eigenvalue weighted by Gasteiger charge is -2.38. The first kappa shape index (κ1) is 39.1. The van der Waals surface area contributed by atoms with E-state index >= 15 is 8.78 Å². The summed E-state index contributed by atoms with van der Waals surface area (Å²) in [6, 6.07) is 4.15. The van der Waals surface area contributed by atoms with Crippen molar-refractivity contribution in [2.45, 2.75) is 90.4 Å². The van der Waals surface area contributed by atoms with Crippen LogP contribution in [0.5, 0.6) is 5.75 Å². The van der Waals surface area contributed by atoms with E-state index < -0.39 is 47.4 Å². The van der Waals surface area contributed by atoms with Crippen LogP contribution < -0.4 is 4.74 Å². The van der Waals surface area contributed by atoms with E-state index in [1.807, 2.05) is 6.92 Å². The van der Waals surface area contributed by atoms with Crippen LogP contribution in [0, 0.1) is 46.9 Å². The SMILES string of the molecule is C=C(C)C(=O)OCC(COC(=O)C(=C)CO)CC1CCC(C2CCC(c3c(F)cc(-c4c(F)cc(OCCCC)cc4F)cc3F)CC2)CC1. The predicted octanol–water partition coefficient (Wildman–Crippen LogP) is 9.39. The Morgan fingerprint density at radius 1 is 0.820 bits per heavy atom. The number of aliphatic hydroxyl groups excluding tert-OH is 1. The molecule has 0 saturated heterocycles. The van der Waals surface area contributed by atoms with Gasteiger partial charge in [-0.1, -0.05) is 39.3 Å². The summed E-state index contributed by atoms with van der Waals surface area (Å²) in [6.07, 6.45) is 9.21. The second kappa shape index (κ2) is 18.5. The molecule has 2 aliphatic carbocycles. The first-order chi connectivity index (χ1) is 23.9. The van der Waals surface area contributed by atoms with E-state index in [1.165, 1.54) is 0 Å². The van der Waals surface area contributed by atoms with Gasteiger partial charge in [0.15, 0.2) is 0 Å². The van der Waals surface area contributed by atoms with Crippen molar-refractivity contribution in [3.05, 3.63) is 77.4 Å². The molecule has 50 heavy (non-hydrogen) atoms. The van der Waals surface area contributed by atoms with Crippen LogP contribution >= 0.6 is 0 Å². The number of carbonyl (C=O) groups excluding carboxylic acids is 2. The Bertz CT molecular complexity index is 1460. The van der Waals surface area contributed by atoms with Crippen molar-refractivity contribution in [1.29, 1.82) is 0 Å². The van der Waals surface area contributed by atoms with E-state index in [0.29, 0.717) is 43.6 Å². The van der Waals surface area contributed by atoms with Crippen molar-refractivity contribution in [3.63, 3.8) is 0 Å². The van der Waals surface area contributed by atoms with Crippen LogP contribution in [0.3, 0.4) is 0 Å². The van der Waals surface area contributed by atoms with E-state index in [-0.39, 0.29) is 53.1 Å². The number of halogens is 4. The monoisotopic (exact) mass is 702 g/mol. The van der Waals surface area contributed by atoms with E-state index in [4.69, 9.17) is 19.3 Å². The van der Waals surface area contributed by atoms with Crippen molar-refractivity contribution in [2.75, 3.05) is 26.4 Å². The molecular weight excluding hydrogens is 652 g/mol. The third-order valence-corrected chi connectivity index (χ3v) is 10.3. The second-order valence-electron chi connectivity index (χ2n) is 14.1. The third-order valence-electron chi connectivity index (χ3n) is 10.3. The van der Waals surface area contributed by atoms with Crippen LogP contribution in [-0.2, 0) is 19.1 Å². The van der Waals surface area contributed by atoms with Crippen LogP contribution in [0.25, 0.3) is 11.1 Å². The highest BCUT2D eigenvalue weighted by atomic mass is 19.1. The number of benzene rings is 2. The molecule has 6 nitrogen and oxygen atoms in total. The van der Waals surface area contributed by atoms with Crippen LogP contribution in [-0.4, -0.2) is 43.5 Å². The zero-order valence-electron chi connectivity index (χ0n) is 29.2. The van der Waals surface area contributed by atoms with Gasteiger partial charge in [0.25, 0.3) is 0 Å². The molecule has 1 N–H and O–H groups in total. The van der Waals surface area contributed by atoms with E-state index in [9.17, 15) is 18.4 Å². The molecule has 2 aliphatic rings. The van der Waals surface area contributed by atoms with Crippen molar-refractivity contribution in [3.8, 4) is 16.9 Å². The predicted molar refractivity (Wildman–Crippen MR) is 183 cm³/mol. The molecule has 0 spiro atoms. The number of hydrogen-bond acceptors (Lipinski definition) is 6. The average Bonchev–Trinajstić information content (AvgIpc) is 3.09. The molecule has 2 aromatic rings. The summed E-state index contributed by atoms with van der Waals surface area (Å²) < 4.78 is 76.8. The molecule has 2 aromatic carbocycles. The van der Waals surface area contributed by atoms with Gasteiger partial charge in [0, 0.05) is 29.2 Å². The van der Waals surface area contributed by atoms with Gasteiger partial charge in [-0.15, -0.1) is 0 Å². The summed E-state index contributed by atoms with van der Waals surface area (Å²) in [5.74, 6) is -3.83. The summed E-state index contributed by atoms with van der Waals surface area (Å²) >= 11 is 0. The number of esters is 2. The minimum atomic E-state index is -0.937. The normalized spacial score (nSPS) is 21.3. The third kappa shape index (κ3) is 10.4. The Morgan fingerprint density at radius 2 is 1.36 bits per heavy atom. The Labute approximate surface area is 292 Å². The molecule has 0 bridgehead atoms. The smallest absolute Gasteiger partial charge is 0.335 e. The van der Waals surface area contributed by atoms with Crippen LogP contribution in [0.1, 0.15) is 96.0 Å². The van der Waals surface area contributed by atoms with Gasteiger partial charge in [0.2, 0.25) is 0 Å². The Hall–Kier alpha value is -3.66. The average molecular weight is 703 g/mol. The van der Waals surface area contributed by atoms with Gasteiger partial charge in [-0.25, -0.2) is 27.2 Å². The molecule has 4 rings (SSSR count). The maximum absolute atomic E-state index is 15.4. The van der Waals surface area contributed by atoms with Crippen LogP contribution in [0.15, 0.2) is 48.6 Å². The van der Waals surface area contributed by atoms with Crippen molar-refractivity contribution >= 4 is 11.9 Å². The van der Waals surface area contributed by atoms with E-state index in [2.05, 4.69) is 13.2 Å². The molecule has 0 amide bonds. The van der Waals surface area contributed by atoms with Crippen molar-refractivity contribution in [1.82, 2.24) is 0 Å². The molecule has 0 heterocycles. The first-order valence-corrected chi connectivity index (χ1v) is 17.8. The number of hydrogen-bond donors (Lipinski definition) is 1. The molecule has 2 fully saturated rings. The summed E-state index contributed by atoms with van der Waals surface area (Å²) in [5, 5.41) is 9.16. The summed E-state index contributed by atoms with van der Waals surface area (Å²) in [5.41, 5.74) is -0.440. The van der Waals surface area contributed by atoms with Gasteiger partial charge in [-0.3, -0.25) is 0 Å². The largest absolute Gasteiger partial charge is 0.493 e. The van der Waals surface area contributed by atoms with Crippen molar-refractivity contribution in [2.24, 2.45) is 23.7 Å². The zero-order chi connectivity index (χ0) is 36.4. The van der Waals surface area contributed by atoms with Crippen LogP contribution in [0.4, 0.5) is 17.6 Å². The minimum Gasteiger partial charge on any atom is -0.493 e. The van der Waals surface area contributed by atoms with Gasteiger partial charge in [0.1, 0.15) is 29.0 Å². The fourth-order valence-corrected chi connectivity index (χ4v) is 7.47. The molecule has 0 radical (unpaired) electrons. The summed E-state index contributed by atoms with van der Waals surface area (Å²) in [6.45, 7) is 10.6. The van der Waals surface area contributed by atoms with E-state index in [0.717, 1.165) is 75.6 Å². The molecule has 1 unspecified atom stereocenters. The van der Waals surface area contributed by atoms with Gasteiger partial charge in [0.05, 0.1) is 37.6 Å². The molecule has 274 valence electrons. The Kier molecular flexibility index (Phi) is 14.5. The lowest BCUT2D eigenvalue weighted by atomic mass is 9.67. The quantitative estimate of drug-likeness (QED) is 0.0813. The standard InChI is InChI=1S/C40H50F4O6/c1-5-6-15-48-32-19-35(43)38(36(44)20-32)31-17-33(41)37(34(42)18-31)30-13-11-29(12-14-30)28-9-7-26(8-10-28)16-27(22-49-39(46)24(2)3)23-50-40(47)25(4)21-45/h17-20,26-30,45H,2,4-16,21-23H2,1,3H3. The maximum atomic E-state index is 15.4.